The van der Waals surface area contributed by atoms with Crippen molar-refractivity contribution in [2.24, 2.45) is 4.99 Å². The van der Waals surface area contributed by atoms with Gasteiger partial charge in [-0.05, 0) is 26.3 Å². The molecule has 13 heavy (non-hydrogen) atoms. The summed E-state index contributed by atoms with van der Waals surface area (Å²) in [6.07, 6.45) is 3.07. The van der Waals surface area contributed by atoms with Gasteiger partial charge in [0, 0.05) is 13.1 Å². The average molecular weight is 200 g/mol. The monoisotopic (exact) mass is 199 g/mol. The van der Waals surface area contributed by atoms with Crippen LogP contribution < -0.4 is 5.32 Å². The molecule has 0 aromatic rings. The number of nitrogens with zero attached hydrogens (tertiary/aromatic N) is 2. The molecule has 4 heteroatoms. The van der Waals surface area contributed by atoms with Crippen LogP contribution in [-0.4, -0.2) is 29.5 Å². The Hall–Kier alpha value is -0.700. The molecule has 0 amide bonds. The Labute approximate surface area is 83.5 Å². The van der Waals surface area contributed by atoms with E-state index in [-0.39, 0.29) is 5.54 Å². The van der Waals surface area contributed by atoms with Gasteiger partial charge in [0.2, 0.25) is 0 Å². The van der Waals surface area contributed by atoms with Crippen LogP contribution in [-0.2, 0) is 0 Å². The predicted molar refractivity (Wildman–Crippen MR) is 54.8 cm³/mol. The van der Waals surface area contributed by atoms with Crippen molar-refractivity contribution in [1.29, 1.82) is 0 Å². The Morgan fingerprint density at radius 1 is 1.62 bits per heavy atom. The maximum atomic E-state index is 5.87. The zero-order valence-electron chi connectivity index (χ0n) is 7.97. The molecule has 0 aliphatic carbocycles. The lowest BCUT2D eigenvalue weighted by Crippen LogP contribution is -2.50. The SMILES string of the molecule is CC1(C)CCN2CC=C(Cl)NC2=N1. The maximum Gasteiger partial charge on any atom is 0.199 e. The van der Waals surface area contributed by atoms with Crippen molar-refractivity contribution >= 4 is 17.6 Å². The number of fused-ring (bicyclic) bond motifs is 1. The third-order valence-electron chi connectivity index (χ3n) is 2.42. The number of hydrogen-bond donors (Lipinski definition) is 1. The van der Waals surface area contributed by atoms with Crippen LogP contribution in [0.2, 0.25) is 0 Å². The fraction of sp³-hybridized carbons (Fsp3) is 0.667. The zero-order chi connectivity index (χ0) is 9.47. The molecule has 0 aromatic heterocycles. The van der Waals surface area contributed by atoms with Crippen LogP contribution in [0.25, 0.3) is 0 Å². The van der Waals surface area contributed by atoms with Crippen molar-refractivity contribution in [2.75, 3.05) is 13.1 Å². The van der Waals surface area contributed by atoms with Crippen LogP contribution in [0.1, 0.15) is 20.3 Å². The molecule has 2 heterocycles. The Bertz CT molecular complexity index is 281. The summed E-state index contributed by atoms with van der Waals surface area (Å²) in [5, 5.41) is 3.76. The highest BCUT2D eigenvalue weighted by Gasteiger charge is 2.28. The van der Waals surface area contributed by atoms with Crippen molar-refractivity contribution < 1.29 is 0 Å². The van der Waals surface area contributed by atoms with E-state index in [1.165, 1.54) is 0 Å². The molecule has 0 aromatic carbocycles. The highest BCUT2D eigenvalue weighted by molar-refractivity contribution is 6.30. The van der Waals surface area contributed by atoms with Crippen LogP contribution in [0.4, 0.5) is 0 Å². The minimum atomic E-state index is 0.0490. The van der Waals surface area contributed by atoms with Crippen molar-refractivity contribution in [2.45, 2.75) is 25.8 Å². The second kappa shape index (κ2) is 2.91. The molecule has 72 valence electrons. The van der Waals surface area contributed by atoms with Crippen LogP contribution in [0.5, 0.6) is 0 Å². The molecule has 0 atom stereocenters. The van der Waals surface area contributed by atoms with Gasteiger partial charge in [0.15, 0.2) is 5.96 Å². The van der Waals surface area contributed by atoms with Crippen molar-refractivity contribution in [3.63, 3.8) is 0 Å². The lowest BCUT2D eigenvalue weighted by atomic mass is 10.00. The van der Waals surface area contributed by atoms with E-state index in [4.69, 9.17) is 11.6 Å². The molecule has 0 bridgehead atoms. The summed E-state index contributed by atoms with van der Waals surface area (Å²) in [4.78, 5) is 6.80. The van der Waals surface area contributed by atoms with Gasteiger partial charge in [-0.2, -0.15) is 0 Å². The van der Waals surface area contributed by atoms with Gasteiger partial charge in [0.25, 0.3) is 0 Å². The molecule has 3 nitrogen and oxygen atoms in total. The highest BCUT2D eigenvalue weighted by Crippen LogP contribution is 2.22. The van der Waals surface area contributed by atoms with E-state index in [1.807, 2.05) is 6.08 Å². The van der Waals surface area contributed by atoms with Gasteiger partial charge in [-0.3, -0.25) is 0 Å². The standard InChI is InChI=1S/C9H14ClN3/c1-9(2)4-6-13-5-3-7(10)11-8(13)12-9/h3H,4-6H2,1-2H3,(H,11,12). The first-order valence-electron chi connectivity index (χ1n) is 4.54. The lowest BCUT2D eigenvalue weighted by Gasteiger charge is -2.37. The number of rotatable bonds is 0. The summed E-state index contributed by atoms with van der Waals surface area (Å²) >= 11 is 5.87. The lowest BCUT2D eigenvalue weighted by molar-refractivity contribution is 0.326. The Balaban J connectivity index is 2.24. The molecule has 2 aliphatic rings. The average Bonchev–Trinajstić information content (AvgIpc) is 2.01. The predicted octanol–water partition coefficient (Wildman–Crippen LogP) is 1.51. The van der Waals surface area contributed by atoms with E-state index in [9.17, 15) is 0 Å². The maximum absolute atomic E-state index is 5.87. The van der Waals surface area contributed by atoms with Crippen LogP contribution in [0.15, 0.2) is 16.2 Å². The summed E-state index contributed by atoms with van der Waals surface area (Å²) in [6.45, 7) is 6.22. The molecule has 0 spiro atoms. The molecular formula is C9H14ClN3. The van der Waals surface area contributed by atoms with E-state index >= 15 is 0 Å². The zero-order valence-corrected chi connectivity index (χ0v) is 8.73. The van der Waals surface area contributed by atoms with Gasteiger partial charge < -0.3 is 10.2 Å². The summed E-state index contributed by atoms with van der Waals surface area (Å²) in [5.74, 6) is 0.920. The van der Waals surface area contributed by atoms with E-state index in [0.717, 1.165) is 25.5 Å². The summed E-state index contributed by atoms with van der Waals surface area (Å²) < 4.78 is 0. The van der Waals surface area contributed by atoms with E-state index < -0.39 is 0 Å². The molecule has 0 unspecified atom stereocenters. The highest BCUT2D eigenvalue weighted by atomic mass is 35.5. The quantitative estimate of drug-likeness (QED) is 0.599. The van der Waals surface area contributed by atoms with E-state index in [0.29, 0.717) is 5.16 Å². The van der Waals surface area contributed by atoms with Gasteiger partial charge in [0.05, 0.1) is 5.54 Å². The smallest absolute Gasteiger partial charge is 0.199 e. The van der Waals surface area contributed by atoms with Crippen LogP contribution in [0, 0.1) is 0 Å². The normalized spacial score (nSPS) is 25.6. The number of nitrogens with one attached hydrogen (secondary N) is 1. The second-order valence-corrected chi connectivity index (χ2v) is 4.53. The second-order valence-electron chi connectivity index (χ2n) is 4.12. The van der Waals surface area contributed by atoms with Gasteiger partial charge in [-0.15, -0.1) is 0 Å². The minimum Gasteiger partial charge on any atom is -0.339 e. The Morgan fingerprint density at radius 3 is 3.15 bits per heavy atom. The third-order valence-corrected chi connectivity index (χ3v) is 2.67. The molecule has 2 aliphatic heterocycles. The molecule has 0 radical (unpaired) electrons. The fourth-order valence-electron chi connectivity index (χ4n) is 1.56. The minimum absolute atomic E-state index is 0.0490. The molecule has 2 rings (SSSR count). The van der Waals surface area contributed by atoms with Crippen molar-refractivity contribution in [1.82, 2.24) is 10.2 Å². The summed E-state index contributed by atoms with van der Waals surface area (Å²) in [6, 6.07) is 0. The first-order valence-corrected chi connectivity index (χ1v) is 4.92. The molecule has 0 saturated carbocycles. The summed E-state index contributed by atoms with van der Waals surface area (Å²) in [5.41, 5.74) is 0.0490. The number of guanidine groups is 1. The topological polar surface area (TPSA) is 27.6 Å². The van der Waals surface area contributed by atoms with Gasteiger partial charge >= 0.3 is 0 Å². The van der Waals surface area contributed by atoms with Gasteiger partial charge in [-0.25, -0.2) is 4.99 Å². The van der Waals surface area contributed by atoms with Crippen LogP contribution >= 0.6 is 11.6 Å². The first-order chi connectivity index (χ1) is 6.07. The Kier molecular flexibility index (Phi) is 1.99. The van der Waals surface area contributed by atoms with Crippen molar-refractivity contribution in [3.8, 4) is 0 Å². The van der Waals surface area contributed by atoms with E-state index in [2.05, 4.69) is 29.1 Å². The largest absolute Gasteiger partial charge is 0.339 e. The Morgan fingerprint density at radius 2 is 2.38 bits per heavy atom. The first kappa shape index (κ1) is 8.88. The molecule has 0 fully saturated rings. The fourth-order valence-corrected chi connectivity index (χ4v) is 1.71. The molecule has 0 saturated heterocycles. The van der Waals surface area contributed by atoms with Crippen molar-refractivity contribution in [3.05, 3.63) is 11.2 Å². The molecular weight excluding hydrogens is 186 g/mol. The van der Waals surface area contributed by atoms with Gasteiger partial charge in [-0.1, -0.05) is 11.6 Å². The van der Waals surface area contributed by atoms with E-state index in [1.54, 1.807) is 0 Å². The van der Waals surface area contributed by atoms with Gasteiger partial charge in [0.1, 0.15) is 5.16 Å². The number of halogens is 1. The third kappa shape index (κ3) is 1.80. The van der Waals surface area contributed by atoms with Crippen LogP contribution in [0.3, 0.4) is 0 Å². The molecule has 1 N–H and O–H groups in total. The summed E-state index contributed by atoms with van der Waals surface area (Å²) in [7, 11) is 0. The number of hydrogen-bond acceptors (Lipinski definition) is 3. The number of aliphatic imine (C=N–C) groups is 1.